The lowest BCUT2D eigenvalue weighted by Crippen LogP contribution is -2.34. The van der Waals surface area contributed by atoms with E-state index in [0.29, 0.717) is 10.6 Å². The molecule has 88 valence electrons. The Labute approximate surface area is 103 Å². The zero-order valence-corrected chi connectivity index (χ0v) is 10.3. The molecular weight excluding hydrogens is 234 g/mol. The van der Waals surface area contributed by atoms with Crippen molar-refractivity contribution in [1.29, 1.82) is 0 Å². The number of hydrogen-bond donors (Lipinski definition) is 2. The van der Waals surface area contributed by atoms with Gasteiger partial charge < -0.3 is 11.1 Å². The highest BCUT2D eigenvalue weighted by molar-refractivity contribution is 7.21. The fourth-order valence-corrected chi connectivity index (χ4v) is 2.72. The van der Waals surface area contributed by atoms with E-state index in [-0.39, 0.29) is 11.4 Å². The van der Waals surface area contributed by atoms with Crippen LogP contribution in [0.5, 0.6) is 0 Å². The second-order valence-electron chi connectivity index (χ2n) is 4.72. The molecule has 3 N–H and O–H groups in total. The minimum atomic E-state index is -0.0782. The number of carbonyl (C=O) groups excluding carboxylic acids is 1. The molecule has 0 atom stereocenters. The zero-order valence-electron chi connectivity index (χ0n) is 9.49. The molecule has 1 amide bonds. The van der Waals surface area contributed by atoms with Crippen molar-refractivity contribution in [3.05, 3.63) is 23.2 Å². The van der Waals surface area contributed by atoms with Gasteiger partial charge in [-0.2, -0.15) is 0 Å². The molecule has 1 aliphatic rings. The van der Waals surface area contributed by atoms with Crippen LogP contribution in [0.2, 0.25) is 0 Å². The number of amides is 1. The molecule has 1 fully saturated rings. The number of nitrogens with one attached hydrogen (secondary N) is 1. The maximum Gasteiger partial charge on any atom is 0.263 e. The van der Waals surface area contributed by atoms with Gasteiger partial charge in [0.15, 0.2) is 0 Å². The normalized spacial score (nSPS) is 17.0. The molecule has 0 saturated heterocycles. The minimum absolute atomic E-state index is 0.0207. The molecule has 2 aromatic heterocycles. The molecule has 1 saturated carbocycles. The Balaban J connectivity index is 1.99. The van der Waals surface area contributed by atoms with Crippen LogP contribution < -0.4 is 11.1 Å². The van der Waals surface area contributed by atoms with Crippen LogP contribution in [-0.4, -0.2) is 16.4 Å². The highest BCUT2D eigenvalue weighted by atomic mass is 32.1. The first-order chi connectivity index (χ1) is 8.09. The summed E-state index contributed by atoms with van der Waals surface area (Å²) in [6.45, 7) is 2.05. The van der Waals surface area contributed by atoms with Crippen molar-refractivity contribution < 1.29 is 4.79 Å². The van der Waals surface area contributed by atoms with E-state index in [9.17, 15) is 4.79 Å². The highest BCUT2D eigenvalue weighted by Crippen LogP contribution is 2.37. The fraction of sp³-hybridized carbons (Fsp3) is 0.333. The Bertz CT molecular complexity index is 601. The largest absolute Gasteiger partial charge is 0.397 e. The number of nitrogens with zero attached hydrogens (tertiary/aromatic N) is 1. The fourth-order valence-electron chi connectivity index (χ4n) is 1.76. The quantitative estimate of drug-likeness (QED) is 0.854. The van der Waals surface area contributed by atoms with Crippen molar-refractivity contribution in [3.8, 4) is 0 Å². The predicted octanol–water partition coefficient (Wildman–Crippen LogP) is 2.16. The van der Waals surface area contributed by atoms with Crippen LogP contribution in [0.25, 0.3) is 10.2 Å². The van der Waals surface area contributed by atoms with E-state index in [2.05, 4.69) is 10.3 Å². The van der Waals surface area contributed by atoms with Gasteiger partial charge in [-0.1, -0.05) is 0 Å². The van der Waals surface area contributed by atoms with Gasteiger partial charge in [-0.3, -0.25) is 4.79 Å². The number of rotatable bonds is 2. The molecule has 3 rings (SSSR count). The van der Waals surface area contributed by atoms with Crippen LogP contribution in [0, 0.1) is 0 Å². The molecule has 0 unspecified atom stereocenters. The van der Waals surface area contributed by atoms with Gasteiger partial charge in [0.05, 0.1) is 5.69 Å². The summed E-state index contributed by atoms with van der Waals surface area (Å²) < 4.78 is 0. The Morgan fingerprint density at radius 1 is 1.59 bits per heavy atom. The van der Waals surface area contributed by atoms with Crippen LogP contribution in [0.3, 0.4) is 0 Å². The average Bonchev–Trinajstić information content (AvgIpc) is 2.92. The number of pyridine rings is 1. The summed E-state index contributed by atoms with van der Waals surface area (Å²) in [5.74, 6) is -0.0782. The van der Waals surface area contributed by atoms with E-state index in [4.69, 9.17) is 5.73 Å². The van der Waals surface area contributed by atoms with E-state index < -0.39 is 0 Å². The highest BCUT2D eigenvalue weighted by Gasteiger charge is 2.39. The van der Waals surface area contributed by atoms with Crippen molar-refractivity contribution in [2.75, 3.05) is 5.73 Å². The molecule has 0 aliphatic heterocycles. The van der Waals surface area contributed by atoms with Gasteiger partial charge in [-0.15, -0.1) is 11.3 Å². The van der Waals surface area contributed by atoms with Crippen molar-refractivity contribution in [2.24, 2.45) is 0 Å². The number of thiophene rings is 1. The number of hydrogen-bond acceptors (Lipinski definition) is 4. The van der Waals surface area contributed by atoms with Gasteiger partial charge in [-0.25, -0.2) is 4.98 Å². The van der Waals surface area contributed by atoms with E-state index in [1.54, 1.807) is 6.20 Å². The molecule has 1 aliphatic carbocycles. The summed E-state index contributed by atoms with van der Waals surface area (Å²) in [5, 5.41) is 3.88. The topological polar surface area (TPSA) is 68.0 Å². The lowest BCUT2D eigenvalue weighted by atomic mass is 10.2. The van der Waals surface area contributed by atoms with Gasteiger partial charge in [-0.05, 0) is 31.9 Å². The summed E-state index contributed by atoms with van der Waals surface area (Å²) in [5.41, 5.74) is 6.51. The molecule has 0 bridgehead atoms. The van der Waals surface area contributed by atoms with Crippen LogP contribution in [-0.2, 0) is 0 Å². The summed E-state index contributed by atoms with van der Waals surface area (Å²) >= 11 is 1.35. The van der Waals surface area contributed by atoms with Crippen LogP contribution in [0.4, 0.5) is 5.69 Å². The molecular formula is C12H13N3OS. The third-order valence-corrected chi connectivity index (χ3v) is 4.25. The standard InChI is InChI=1S/C12H13N3OS/c1-12(4-5-12)15-10(16)9-8(13)7-3-2-6-14-11(7)17-9/h2-3,6H,4-5,13H2,1H3,(H,15,16). The van der Waals surface area contributed by atoms with Gasteiger partial charge in [0.25, 0.3) is 5.91 Å². The number of aromatic nitrogens is 1. The molecule has 0 spiro atoms. The maximum absolute atomic E-state index is 12.1. The molecule has 5 heteroatoms. The summed E-state index contributed by atoms with van der Waals surface area (Å²) in [7, 11) is 0. The average molecular weight is 247 g/mol. The summed E-state index contributed by atoms with van der Waals surface area (Å²) in [6, 6.07) is 3.72. The maximum atomic E-state index is 12.1. The second-order valence-corrected chi connectivity index (χ2v) is 5.71. The zero-order chi connectivity index (χ0) is 12.0. The molecule has 4 nitrogen and oxygen atoms in total. The molecule has 2 heterocycles. The minimum Gasteiger partial charge on any atom is -0.397 e. The number of nitrogens with two attached hydrogens (primary N) is 1. The van der Waals surface area contributed by atoms with E-state index in [1.807, 2.05) is 19.1 Å². The predicted molar refractivity (Wildman–Crippen MR) is 69.1 cm³/mol. The second kappa shape index (κ2) is 3.43. The third kappa shape index (κ3) is 1.76. The molecule has 2 aromatic rings. The van der Waals surface area contributed by atoms with Gasteiger partial charge in [0.2, 0.25) is 0 Å². The van der Waals surface area contributed by atoms with Crippen LogP contribution >= 0.6 is 11.3 Å². The Morgan fingerprint density at radius 3 is 3.00 bits per heavy atom. The van der Waals surface area contributed by atoms with Crippen molar-refractivity contribution in [3.63, 3.8) is 0 Å². The van der Waals surface area contributed by atoms with Crippen molar-refractivity contribution >= 4 is 33.1 Å². The van der Waals surface area contributed by atoms with Crippen molar-refractivity contribution in [1.82, 2.24) is 10.3 Å². The van der Waals surface area contributed by atoms with Crippen LogP contribution in [0.1, 0.15) is 29.4 Å². The van der Waals surface area contributed by atoms with E-state index >= 15 is 0 Å². The lowest BCUT2D eigenvalue weighted by Gasteiger charge is -2.10. The number of carbonyl (C=O) groups is 1. The number of nitrogen functional groups attached to an aromatic ring is 1. The lowest BCUT2D eigenvalue weighted by molar-refractivity contribution is 0.0940. The summed E-state index contributed by atoms with van der Waals surface area (Å²) in [6.07, 6.45) is 3.80. The Morgan fingerprint density at radius 2 is 2.35 bits per heavy atom. The Hall–Kier alpha value is -1.62. The molecule has 0 radical (unpaired) electrons. The van der Waals surface area contributed by atoms with E-state index in [0.717, 1.165) is 23.1 Å². The SMILES string of the molecule is CC1(NC(=O)c2sc3ncccc3c2N)CC1. The molecule has 17 heavy (non-hydrogen) atoms. The van der Waals surface area contributed by atoms with Crippen molar-refractivity contribution in [2.45, 2.75) is 25.3 Å². The first-order valence-electron chi connectivity index (χ1n) is 5.55. The smallest absolute Gasteiger partial charge is 0.263 e. The first-order valence-corrected chi connectivity index (χ1v) is 6.36. The summed E-state index contributed by atoms with van der Waals surface area (Å²) in [4.78, 5) is 17.7. The van der Waals surface area contributed by atoms with Gasteiger partial charge in [0.1, 0.15) is 9.71 Å². The van der Waals surface area contributed by atoms with Gasteiger partial charge in [0, 0.05) is 17.1 Å². The number of anilines is 1. The van der Waals surface area contributed by atoms with Gasteiger partial charge >= 0.3 is 0 Å². The molecule has 0 aromatic carbocycles. The number of fused-ring (bicyclic) bond motifs is 1. The first kappa shape index (κ1) is 10.5. The van der Waals surface area contributed by atoms with Crippen LogP contribution in [0.15, 0.2) is 18.3 Å². The van der Waals surface area contributed by atoms with E-state index in [1.165, 1.54) is 11.3 Å². The third-order valence-electron chi connectivity index (χ3n) is 3.13. The Kier molecular flexibility index (Phi) is 2.13. The monoisotopic (exact) mass is 247 g/mol.